The molecule has 1 aliphatic rings. The van der Waals surface area contributed by atoms with E-state index in [9.17, 15) is 4.79 Å². The first-order chi connectivity index (χ1) is 9.22. The largest absolute Gasteiger partial charge is 0.335 e. The molecule has 0 aromatic heterocycles. The number of nitrogens with zero attached hydrogens (tertiary/aromatic N) is 1. The van der Waals surface area contributed by atoms with E-state index in [4.69, 9.17) is 17.3 Å². The normalized spacial score (nSPS) is 15.7. The number of hydrogen-bond acceptors (Lipinski definition) is 2. The minimum Gasteiger partial charge on any atom is -0.335 e. The fourth-order valence-corrected chi connectivity index (χ4v) is 2.91. The minimum atomic E-state index is 0.148. The van der Waals surface area contributed by atoms with Crippen LogP contribution in [0, 0.1) is 0 Å². The number of carbonyl (C=O) groups is 1. The molecule has 0 spiro atoms. The van der Waals surface area contributed by atoms with Gasteiger partial charge in [-0.15, -0.1) is 0 Å². The summed E-state index contributed by atoms with van der Waals surface area (Å²) in [6.45, 7) is 1.01. The molecule has 2 N–H and O–H groups in total. The van der Waals surface area contributed by atoms with Gasteiger partial charge in [0.05, 0.1) is 0 Å². The monoisotopic (exact) mass is 280 g/mol. The molecule has 0 radical (unpaired) electrons. The van der Waals surface area contributed by atoms with Gasteiger partial charge in [-0.3, -0.25) is 4.79 Å². The van der Waals surface area contributed by atoms with Crippen LogP contribution in [0.5, 0.6) is 0 Å². The van der Waals surface area contributed by atoms with Crippen LogP contribution in [-0.2, 0) is 11.3 Å². The summed E-state index contributed by atoms with van der Waals surface area (Å²) in [5.41, 5.74) is 6.53. The first-order valence-electron chi connectivity index (χ1n) is 6.95. The first-order valence-corrected chi connectivity index (χ1v) is 7.33. The summed E-state index contributed by atoms with van der Waals surface area (Å²) in [4.78, 5) is 14.2. The number of halogens is 1. The second-order valence-electron chi connectivity index (χ2n) is 5.09. The number of carbonyl (C=O) groups excluding carboxylic acids is 1. The van der Waals surface area contributed by atoms with E-state index < -0.39 is 0 Å². The van der Waals surface area contributed by atoms with Crippen molar-refractivity contribution in [2.45, 2.75) is 44.7 Å². The third-order valence-corrected chi connectivity index (χ3v) is 4.11. The van der Waals surface area contributed by atoms with Crippen molar-refractivity contribution in [1.82, 2.24) is 4.90 Å². The predicted octanol–water partition coefficient (Wildman–Crippen LogP) is 2.96. The Morgan fingerprint density at radius 2 is 2.00 bits per heavy atom. The van der Waals surface area contributed by atoms with E-state index in [2.05, 4.69) is 0 Å². The van der Waals surface area contributed by atoms with Gasteiger partial charge in [-0.1, -0.05) is 42.6 Å². The highest BCUT2D eigenvalue weighted by molar-refractivity contribution is 6.31. The summed E-state index contributed by atoms with van der Waals surface area (Å²) in [5.74, 6) is 0.148. The molecule has 0 atom stereocenters. The maximum absolute atomic E-state index is 12.2. The molecule has 1 saturated carbocycles. The van der Waals surface area contributed by atoms with Crippen molar-refractivity contribution in [3.8, 4) is 0 Å². The zero-order valence-electron chi connectivity index (χ0n) is 11.1. The first kappa shape index (κ1) is 14.4. The van der Waals surface area contributed by atoms with E-state index in [1.807, 2.05) is 29.2 Å². The van der Waals surface area contributed by atoms with Crippen LogP contribution >= 0.6 is 11.6 Å². The molecule has 0 unspecified atom stereocenters. The van der Waals surface area contributed by atoms with Crippen LogP contribution in [0.1, 0.15) is 37.7 Å². The number of rotatable bonds is 5. The molecule has 1 amide bonds. The van der Waals surface area contributed by atoms with E-state index in [0.29, 0.717) is 25.6 Å². The highest BCUT2D eigenvalue weighted by Gasteiger charge is 2.26. The summed E-state index contributed by atoms with van der Waals surface area (Å²) >= 11 is 6.19. The maximum atomic E-state index is 12.2. The Bertz CT molecular complexity index is 430. The van der Waals surface area contributed by atoms with Gasteiger partial charge in [0.1, 0.15) is 0 Å². The predicted molar refractivity (Wildman–Crippen MR) is 77.9 cm³/mol. The van der Waals surface area contributed by atoms with Crippen LogP contribution in [0.4, 0.5) is 0 Å². The van der Waals surface area contributed by atoms with Crippen molar-refractivity contribution in [3.05, 3.63) is 34.9 Å². The van der Waals surface area contributed by atoms with E-state index >= 15 is 0 Å². The van der Waals surface area contributed by atoms with Crippen molar-refractivity contribution in [2.24, 2.45) is 5.73 Å². The second-order valence-corrected chi connectivity index (χ2v) is 5.50. The van der Waals surface area contributed by atoms with Crippen molar-refractivity contribution < 1.29 is 4.79 Å². The molecule has 0 heterocycles. The molecule has 2 rings (SSSR count). The van der Waals surface area contributed by atoms with Crippen molar-refractivity contribution in [1.29, 1.82) is 0 Å². The zero-order chi connectivity index (χ0) is 13.7. The van der Waals surface area contributed by atoms with E-state index in [0.717, 1.165) is 23.4 Å². The highest BCUT2D eigenvalue weighted by atomic mass is 35.5. The average Bonchev–Trinajstić information content (AvgIpc) is 2.91. The highest BCUT2D eigenvalue weighted by Crippen LogP contribution is 2.27. The Hall–Kier alpha value is -1.06. The fraction of sp³-hybridized carbons (Fsp3) is 0.533. The van der Waals surface area contributed by atoms with Crippen molar-refractivity contribution in [3.63, 3.8) is 0 Å². The van der Waals surface area contributed by atoms with Crippen LogP contribution in [0.25, 0.3) is 0 Å². The van der Waals surface area contributed by atoms with Gasteiger partial charge >= 0.3 is 0 Å². The Kier molecular flexibility index (Phi) is 5.23. The number of amides is 1. The molecule has 0 bridgehead atoms. The molecule has 1 aromatic carbocycles. The Morgan fingerprint density at radius 1 is 1.32 bits per heavy atom. The molecular weight excluding hydrogens is 260 g/mol. The average molecular weight is 281 g/mol. The number of hydrogen-bond donors (Lipinski definition) is 1. The zero-order valence-corrected chi connectivity index (χ0v) is 11.9. The molecule has 4 heteroatoms. The standard InChI is InChI=1S/C15H21ClN2O/c16-14-8-4-1-5-12(14)11-18(15(19)9-10-17)13-6-2-3-7-13/h1,4-5,8,13H,2-3,6-7,9-11,17H2. The van der Waals surface area contributed by atoms with Gasteiger partial charge in [-0.2, -0.15) is 0 Å². The lowest BCUT2D eigenvalue weighted by Crippen LogP contribution is -2.39. The lowest BCUT2D eigenvalue weighted by atomic mass is 10.1. The molecule has 0 saturated heterocycles. The third kappa shape index (κ3) is 3.71. The molecule has 19 heavy (non-hydrogen) atoms. The Morgan fingerprint density at radius 3 is 2.63 bits per heavy atom. The molecule has 1 aliphatic carbocycles. The second kappa shape index (κ2) is 6.92. The van der Waals surface area contributed by atoms with Crippen molar-refractivity contribution in [2.75, 3.05) is 6.54 Å². The molecule has 0 aliphatic heterocycles. The smallest absolute Gasteiger partial charge is 0.224 e. The van der Waals surface area contributed by atoms with E-state index in [1.54, 1.807) is 0 Å². The Balaban J connectivity index is 2.13. The minimum absolute atomic E-state index is 0.148. The summed E-state index contributed by atoms with van der Waals surface area (Å²) < 4.78 is 0. The van der Waals surface area contributed by atoms with Gasteiger partial charge < -0.3 is 10.6 Å². The molecule has 1 fully saturated rings. The van der Waals surface area contributed by atoms with Gasteiger partial charge in [-0.05, 0) is 24.5 Å². The van der Waals surface area contributed by atoms with Crippen LogP contribution in [0.15, 0.2) is 24.3 Å². The van der Waals surface area contributed by atoms with Gasteiger partial charge in [-0.25, -0.2) is 0 Å². The Labute approximate surface area is 119 Å². The topological polar surface area (TPSA) is 46.3 Å². The van der Waals surface area contributed by atoms with Gasteiger partial charge in [0, 0.05) is 30.6 Å². The van der Waals surface area contributed by atoms with E-state index in [1.165, 1.54) is 12.8 Å². The van der Waals surface area contributed by atoms with E-state index in [-0.39, 0.29) is 5.91 Å². The summed E-state index contributed by atoms with van der Waals surface area (Å²) in [7, 11) is 0. The quantitative estimate of drug-likeness (QED) is 0.901. The molecule has 1 aromatic rings. The molecular formula is C15H21ClN2O. The summed E-state index contributed by atoms with van der Waals surface area (Å²) in [5, 5.41) is 0.728. The summed E-state index contributed by atoms with van der Waals surface area (Å²) in [6.07, 6.45) is 5.03. The lowest BCUT2D eigenvalue weighted by molar-refractivity contribution is -0.133. The number of nitrogens with two attached hydrogens (primary N) is 1. The van der Waals surface area contributed by atoms with Crippen LogP contribution in [-0.4, -0.2) is 23.4 Å². The van der Waals surface area contributed by atoms with Crippen LogP contribution in [0.2, 0.25) is 5.02 Å². The van der Waals surface area contributed by atoms with Gasteiger partial charge in [0.2, 0.25) is 5.91 Å². The third-order valence-electron chi connectivity index (χ3n) is 3.74. The molecule has 3 nitrogen and oxygen atoms in total. The van der Waals surface area contributed by atoms with Crippen molar-refractivity contribution >= 4 is 17.5 Å². The number of benzene rings is 1. The van der Waals surface area contributed by atoms with Crippen LogP contribution < -0.4 is 5.73 Å². The van der Waals surface area contributed by atoms with Gasteiger partial charge in [0.25, 0.3) is 0 Å². The van der Waals surface area contributed by atoms with Gasteiger partial charge in [0.15, 0.2) is 0 Å². The maximum Gasteiger partial charge on any atom is 0.224 e. The van der Waals surface area contributed by atoms with Crippen LogP contribution in [0.3, 0.4) is 0 Å². The SMILES string of the molecule is NCCC(=O)N(Cc1ccccc1Cl)C1CCCC1. The lowest BCUT2D eigenvalue weighted by Gasteiger charge is -2.29. The summed E-state index contributed by atoms with van der Waals surface area (Å²) in [6, 6.07) is 8.08. The molecule has 104 valence electrons. The fourth-order valence-electron chi connectivity index (χ4n) is 2.71.